The Bertz CT molecular complexity index is 2270. The van der Waals surface area contributed by atoms with Gasteiger partial charge in [0.2, 0.25) is 0 Å². The predicted molar refractivity (Wildman–Crippen MR) is 214 cm³/mol. The highest BCUT2D eigenvalue weighted by Gasteiger charge is 2.37. The third-order valence-electron chi connectivity index (χ3n) is 11.3. The van der Waals surface area contributed by atoms with Crippen molar-refractivity contribution in [3.63, 3.8) is 0 Å². The average Bonchev–Trinajstić information content (AvgIpc) is 3.74. The molecule has 2 aliphatic rings. The lowest BCUT2D eigenvalue weighted by Gasteiger charge is -2.24. The van der Waals surface area contributed by atoms with Crippen molar-refractivity contribution in [1.82, 2.24) is 0 Å². The summed E-state index contributed by atoms with van der Waals surface area (Å²) < 4.78 is 0. The van der Waals surface area contributed by atoms with Gasteiger partial charge in [-0.2, -0.15) is 0 Å². The number of anilines is 3. The van der Waals surface area contributed by atoms with E-state index >= 15 is 0 Å². The predicted octanol–water partition coefficient (Wildman–Crippen LogP) is 13.8. The van der Waals surface area contributed by atoms with Crippen molar-refractivity contribution >= 4 is 27.7 Å². The van der Waals surface area contributed by atoms with Gasteiger partial charge in [-0.1, -0.05) is 136 Å². The van der Waals surface area contributed by atoms with E-state index in [9.17, 15) is 0 Å². The maximum atomic E-state index is 2.48. The highest BCUT2D eigenvalue weighted by atomic mass is 32.1. The Balaban J connectivity index is 1.27. The maximum absolute atomic E-state index is 2.48. The van der Waals surface area contributed by atoms with E-state index in [-0.39, 0.29) is 10.8 Å². The lowest BCUT2D eigenvalue weighted by Crippen LogP contribution is -2.15. The molecule has 2 heteroatoms. The van der Waals surface area contributed by atoms with Gasteiger partial charge in [-0.05, 0) is 112 Å². The van der Waals surface area contributed by atoms with E-state index in [1.807, 2.05) is 11.3 Å². The SMILES string of the molecule is Cc1ccc(N(c2ccc(C)cc2)c2cc(-c3ccc4c(c3)C(C)(C)c3ccccc3-4)c(-c3ccc4c(c3)C(C)(C)c3ccccc3-4)s2)cc1. The largest absolute Gasteiger partial charge is 0.302 e. The first-order chi connectivity index (χ1) is 24.1. The van der Waals surface area contributed by atoms with Crippen LogP contribution in [0.25, 0.3) is 43.8 Å². The molecule has 9 rings (SSSR count). The Morgan fingerprint density at radius 2 is 0.860 bits per heavy atom. The zero-order chi connectivity index (χ0) is 34.4. The van der Waals surface area contributed by atoms with Crippen LogP contribution < -0.4 is 4.90 Å². The molecule has 0 spiro atoms. The Hall–Kier alpha value is -5.18. The van der Waals surface area contributed by atoms with Crippen molar-refractivity contribution in [1.29, 1.82) is 0 Å². The normalized spacial score (nSPS) is 14.5. The van der Waals surface area contributed by atoms with Crippen LogP contribution in [0.3, 0.4) is 0 Å². The number of nitrogens with zero attached hydrogens (tertiary/aromatic N) is 1. The van der Waals surface area contributed by atoms with Crippen LogP contribution in [0, 0.1) is 13.8 Å². The van der Waals surface area contributed by atoms with Crippen LogP contribution in [0.1, 0.15) is 61.1 Å². The molecule has 244 valence electrons. The minimum atomic E-state index is -0.0693. The molecule has 2 aliphatic carbocycles. The molecule has 1 heterocycles. The molecule has 0 saturated heterocycles. The monoisotopic (exact) mass is 663 g/mol. The molecule has 6 aromatic carbocycles. The summed E-state index contributed by atoms with van der Waals surface area (Å²) in [7, 11) is 0. The summed E-state index contributed by atoms with van der Waals surface area (Å²) >= 11 is 1.89. The van der Waals surface area contributed by atoms with Crippen LogP contribution in [0.4, 0.5) is 16.4 Å². The molecule has 0 aliphatic heterocycles. The minimum Gasteiger partial charge on any atom is -0.302 e. The second-order valence-corrected chi connectivity index (χ2v) is 16.2. The zero-order valence-corrected chi connectivity index (χ0v) is 30.5. The van der Waals surface area contributed by atoms with Gasteiger partial charge in [-0.3, -0.25) is 0 Å². The van der Waals surface area contributed by atoms with Crippen LogP contribution >= 0.6 is 11.3 Å². The van der Waals surface area contributed by atoms with Crippen molar-refractivity contribution in [2.24, 2.45) is 0 Å². The van der Waals surface area contributed by atoms with Crippen molar-refractivity contribution in [2.75, 3.05) is 4.90 Å². The van der Waals surface area contributed by atoms with E-state index < -0.39 is 0 Å². The smallest absolute Gasteiger partial charge is 0.101 e. The molecular weight excluding hydrogens is 623 g/mol. The molecule has 0 bridgehead atoms. The summed E-state index contributed by atoms with van der Waals surface area (Å²) in [6, 6.07) is 52.5. The third kappa shape index (κ3) is 4.66. The molecule has 0 atom stereocenters. The summed E-state index contributed by atoms with van der Waals surface area (Å²) in [4.78, 5) is 3.73. The number of aryl methyl sites for hydroxylation is 2. The molecule has 0 saturated carbocycles. The van der Waals surface area contributed by atoms with E-state index in [0.29, 0.717) is 0 Å². The van der Waals surface area contributed by atoms with Crippen LogP contribution in [-0.4, -0.2) is 0 Å². The number of hydrogen-bond acceptors (Lipinski definition) is 2. The summed E-state index contributed by atoms with van der Waals surface area (Å²) in [5.41, 5.74) is 19.5. The quantitative estimate of drug-likeness (QED) is 0.177. The zero-order valence-electron chi connectivity index (χ0n) is 29.6. The summed E-state index contributed by atoms with van der Waals surface area (Å²) in [5, 5.41) is 1.20. The number of fused-ring (bicyclic) bond motifs is 6. The first-order valence-electron chi connectivity index (χ1n) is 17.7. The second kappa shape index (κ2) is 11.2. The lowest BCUT2D eigenvalue weighted by atomic mass is 9.81. The number of hydrogen-bond donors (Lipinski definition) is 0. The van der Waals surface area contributed by atoms with E-state index in [2.05, 4.69) is 186 Å². The fraction of sp³-hybridized carbons (Fsp3) is 0.167. The van der Waals surface area contributed by atoms with Crippen molar-refractivity contribution in [3.05, 3.63) is 173 Å². The van der Waals surface area contributed by atoms with Gasteiger partial charge in [0, 0.05) is 32.6 Å². The van der Waals surface area contributed by atoms with Crippen LogP contribution in [-0.2, 0) is 10.8 Å². The van der Waals surface area contributed by atoms with Gasteiger partial charge in [-0.25, -0.2) is 0 Å². The standard InChI is InChI=1S/C48H41NS/c1-30-15-21-34(22-16-30)49(35-23-17-31(2)18-24-35)45-29-40(32-19-25-38-36-11-7-9-13-41(36)47(3,4)43(38)27-32)46(50-45)33-20-26-39-37-12-8-10-14-42(37)48(5,6)44(39)28-33/h7-29H,1-6H3. The molecule has 0 fully saturated rings. The van der Waals surface area contributed by atoms with Crippen molar-refractivity contribution in [2.45, 2.75) is 52.4 Å². The van der Waals surface area contributed by atoms with Gasteiger partial charge >= 0.3 is 0 Å². The fourth-order valence-corrected chi connectivity index (χ4v) is 9.65. The lowest BCUT2D eigenvalue weighted by molar-refractivity contribution is 0.660. The van der Waals surface area contributed by atoms with Crippen LogP contribution in [0.2, 0.25) is 0 Å². The molecule has 1 aromatic heterocycles. The number of thiophene rings is 1. The van der Waals surface area contributed by atoms with Gasteiger partial charge in [0.1, 0.15) is 5.00 Å². The topological polar surface area (TPSA) is 3.24 Å². The van der Waals surface area contributed by atoms with Gasteiger partial charge in [0.15, 0.2) is 0 Å². The molecular formula is C48H41NS. The molecule has 0 unspecified atom stereocenters. The Morgan fingerprint density at radius 3 is 1.38 bits per heavy atom. The fourth-order valence-electron chi connectivity index (χ4n) is 8.43. The summed E-state index contributed by atoms with van der Waals surface area (Å²) in [5.74, 6) is 0. The molecule has 0 amide bonds. The van der Waals surface area contributed by atoms with Crippen LogP contribution in [0.5, 0.6) is 0 Å². The molecule has 50 heavy (non-hydrogen) atoms. The van der Waals surface area contributed by atoms with Gasteiger partial charge in [0.25, 0.3) is 0 Å². The Kier molecular flexibility index (Phi) is 6.89. The molecule has 1 nitrogen and oxygen atoms in total. The second-order valence-electron chi connectivity index (χ2n) is 15.2. The number of rotatable bonds is 5. The van der Waals surface area contributed by atoms with Gasteiger partial charge < -0.3 is 4.90 Å². The molecule has 0 N–H and O–H groups in total. The summed E-state index contributed by atoms with van der Waals surface area (Å²) in [6.45, 7) is 13.8. The maximum Gasteiger partial charge on any atom is 0.101 e. The summed E-state index contributed by atoms with van der Waals surface area (Å²) in [6.07, 6.45) is 0. The highest BCUT2D eigenvalue weighted by molar-refractivity contribution is 7.20. The third-order valence-corrected chi connectivity index (χ3v) is 12.4. The average molecular weight is 664 g/mol. The van der Waals surface area contributed by atoms with E-state index in [0.717, 1.165) is 11.4 Å². The van der Waals surface area contributed by atoms with Crippen LogP contribution in [0.15, 0.2) is 140 Å². The van der Waals surface area contributed by atoms with Crippen molar-refractivity contribution in [3.8, 4) is 43.8 Å². The van der Waals surface area contributed by atoms with Gasteiger partial charge in [-0.15, -0.1) is 11.3 Å². The first-order valence-corrected chi connectivity index (χ1v) is 18.5. The van der Waals surface area contributed by atoms with Gasteiger partial charge in [0.05, 0.1) is 0 Å². The highest BCUT2D eigenvalue weighted by Crippen LogP contribution is 2.54. The molecule has 0 radical (unpaired) electrons. The van der Waals surface area contributed by atoms with E-state index in [1.54, 1.807) is 0 Å². The molecule has 7 aromatic rings. The van der Waals surface area contributed by atoms with Crippen molar-refractivity contribution < 1.29 is 0 Å². The van der Waals surface area contributed by atoms with E-state index in [1.165, 1.54) is 82.2 Å². The first kappa shape index (κ1) is 30.8. The number of benzene rings is 6. The Labute approximate surface area is 300 Å². The van der Waals surface area contributed by atoms with E-state index in [4.69, 9.17) is 0 Å². The minimum absolute atomic E-state index is 0.0681. The Morgan fingerprint density at radius 1 is 0.420 bits per heavy atom.